The number of rotatable bonds is 6. The van der Waals surface area contributed by atoms with E-state index in [4.69, 9.17) is 0 Å². The summed E-state index contributed by atoms with van der Waals surface area (Å²) in [6.07, 6.45) is 3.34. The minimum Gasteiger partial charge on any atom is -0.324 e. The lowest BCUT2D eigenvalue weighted by atomic mass is 9.98. The number of carbonyl (C=O) groups is 1. The predicted molar refractivity (Wildman–Crippen MR) is 100 cm³/mol. The fourth-order valence-corrected chi connectivity index (χ4v) is 2.75. The summed E-state index contributed by atoms with van der Waals surface area (Å²) in [6, 6.07) is 17.7. The number of hydrogen-bond acceptors (Lipinski definition) is 3. The van der Waals surface area contributed by atoms with E-state index in [1.807, 2.05) is 43.3 Å². The first-order valence-corrected chi connectivity index (χ1v) is 8.37. The van der Waals surface area contributed by atoms with E-state index in [9.17, 15) is 9.18 Å². The van der Waals surface area contributed by atoms with Crippen LogP contribution in [0.25, 0.3) is 0 Å². The molecule has 1 heterocycles. The average Bonchev–Trinajstić information content (AvgIpc) is 2.64. The van der Waals surface area contributed by atoms with E-state index in [2.05, 4.69) is 15.6 Å². The molecule has 0 aliphatic heterocycles. The highest BCUT2D eigenvalue weighted by Gasteiger charge is 2.15. The van der Waals surface area contributed by atoms with E-state index in [-0.39, 0.29) is 24.3 Å². The molecule has 2 N–H and O–H groups in total. The van der Waals surface area contributed by atoms with Crippen LogP contribution in [0.2, 0.25) is 0 Å². The van der Waals surface area contributed by atoms with Crippen LogP contribution in [0.15, 0.2) is 73.1 Å². The van der Waals surface area contributed by atoms with E-state index < -0.39 is 0 Å². The lowest BCUT2D eigenvalue weighted by Gasteiger charge is -2.20. The zero-order valence-corrected chi connectivity index (χ0v) is 14.4. The van der Waals surface area contributed by atoms with Crippen LogP contribution in [0, 0.1) is 12.7 Å². The summed E-state index contributed by atoms with van der Waals surface area (Å²) < 4.78 is 13.3. The Morgan fingerprint density at radius 1 is 1.04 bits per heavy atom. The van der Waals surface area contributed by atoms with Crippen LogP contribution < -0.4 is 10.6 Å². The highest BCUT2D eigenvalue weighted by molar-refractivity contribution is 5.92. The highest BCUT2D eigenvalue weighted by atomic mass is 19.1. The van der Waals surface area contributed by atoms with Crippen LogP contribution in [-0.2, 0) is 4.79 Å². The molecule has 132 valence electrons. The van der Waals surface area contributed by atoms with Crippen molar-refractivity contribution in [3.05, 3.63) is 95.6 Å². The molecule has 0 saturated carbocycles. The Morgan fingerprint density at radius 3 is 2.42 bits per heavy atom. The van der Waals surface area contributed by atoms with Gasteiger partial charge in [-0.2, -0.15) is 0 Å². The summed E-state index contributed by atoms with van der Waals surface area (Å²) in [4.78, 5) is 16.3. The molecule has 2 aromatic carbocycles. The van der Waals surface area contributed by atoms with Gasteiger partial charge in [0.05, 0.1) is 24.5 Å². The molecule has 3 rings (SSSR count). The Balaban J connectivity index is 1.72. The van der Waals surface area contributed by atoms with Gasteiger partial charge in [-0.15, -0.1) is 0 Å². The number of halogens is 1. The summed E-state index contributed by atoms with van der Waals surface area (Å²) in [5.41, 5.74) is 3.53. The van der Waals surface area contributed by atoms with Gasteiger partial charge in [0.2, 0.25) is 5.91 Å². The number of aromatic nitrogens is 1. The van der Waals surface area contributed by atoms with Crippen molar-refractivity contribution in [1.82, 2.24) is 10.3 Å². The van der Waals surface area contributed by atoms with Gasteiger partial charge in [0, 0.05) is 6.20 Å². The minimum absolute atomic E-state index is 0.116. The number of anilines is 1. The second-order valence-electron chi connectivity index (χ2n) is 6.08. The van der Waals surface area contributed by atoms with Gasteiger partial charge in [0.15, 0.2) is 0 Å². The van der Waals surface area contributed by atoms with Crippen LogP contribution in [0.3, 0.4) is 0 Å². The van der Waals surface area contributed by atoms with Crippen molar-refractivity contribution in [2.24, 2.45) is 0 Å². The number of pyridine rings is 1. The van der Waals surface area contributed by atoms with Crippen LogP contribution in [0.5, 0.6) is 0 Å². The van der Waals surface area contributed by atoms with E-state index in [1.54, 1.807) is 24.5 Å². The van der Waals surface area contributed by atoms with Crippen LogP contribution in [-0.4, -0.2) is 17.4 Å². The topological polar surface area (TPSA) is 54.0 Å². The maximum Gasteiger partial charge on any atom is 0.238 e. The molecule has 0 aliphatic carbocycles. The predicted octanol–water partition coefficient (Wildman–Crippen LogP) is 3.85. The maximum atomic E-state index is 13.3. The molecule has 1 atom stereocenters. The SMILES string of the molecule is Cc1cncc(NC(=O)CNC(c2ccccc2)c2ccc(F)cc2)c1. The van der Waals surface area contributed by atoms with E-state index in [0.29, 0.717) is 5.69 Å². The third-order valence-corrected chi connectivity index (χ3v) is 3.96. The zero-order valence-electron chi connectivity index (χ0n) is 14.4. The normalized spacial score (nSPS) is 11.8. The number of hydrogen-bond donors (Lipinski definition) is 2. The largest absolute Gasteiger partial charge is 0.324 e. The molecule has 0 bridgehead atoms. The van der Waals surface area contributed by atoms with Gasteiger partial charge in [-0.25, -0.2) is 4.39 Å². The Morgan fingerprint density at radius 2 is 1.73 bits per heavy atom. The van der Waals surface area contributed by atoms with Gasteiger partial charge in [0.25, 0.3) is 0 Å². The molecule has 0 saturated heterocycles. The molecule has 1 aromatic heterocycles. The molecule has 26 heavy (non-hydrogen) atoms. The molecular formula is C21H20FN3O. The highest BCUT2D eigenvalue weighted by Crippen LogP contribution is 2.22. The molecule has 3 aromatic rings. The summed E-state index contributed by atoms with van der Waals surface area (Å²) in [5, 5.41) is 6.08. The monoisotopic (exact) mass is 349 g/mol. The van der Waals surface area contributed by atoms with Crippen molar-refractivity contribution in [2.45, 2.75) is 13.0 Å². The first-order chi connectivity index (χ1) is 12.6. The third kappa shape index (κ3) is 4.74. The summed E-state index contributed by atoms with van der Waals surface area (Å²) in [6.45, 7) is 2.03. The Bertz CT molecular complexity index is 866. The van der Waals surface area contributed by atoms with Crippen LogP contribution in [0.1, 0.15) is 22.7 Å². The standard InChI is InChI=1S/C21H20FN3O/c1-15-11-19(13-23-12-15)25-20(26)14-24-21(16-5-3-2-4-6-16)17-7-9-18(22)10-8-17/h2-13,21,24H,14H2,1H3,(H,25,26). The lowest BCUT2D eigenvalue weighted by molar-refractivity contribution is -0.115. The van der Waals surface area contributed by atoms with Crippen molar-refractivity contribution in [1.29, 1.82) is 0 Å². The van der Waals surface area contributed by atoms with Gasteiger partial charge in [-0.05, 0) is 41.8 Å². The minimum atomic E-state index is -0.287. The fraction of sp³-hybridized carbons (Fsp3) is 0.143. The maximum absolute atomic E-state index is 13.3. The second-order valence-corrected chi connectivity index (χ2v) is 6.08. The average molecular weight is 349 g/mol. The van der Waals surface area contributed by atoms with Gasteiger partial charge in [0.1, 0.15) is 5.82 Å². The number of nitrogens with one attached hydrogen (secondary N) is 2. The number of nitrogens with zero attached hydrogens (tertiary/aromatic N) is 1. The van der Waals surface area contributed by atoms with Crippen molar-refractivity contribution in [3.63, 3.8) is 0 Å². The summed E-state index contributed by atoms with van der Waals surface area (Å²) in [7, 11) is 0. The van der Waals surface area contributed by atoms with Crippen molar-refractivity contribution in [2.75, 3.05) is 11.9 Å². The number of carbonyl (C=O) groups excluding carboxylic acids is 1. The van der Waals surface area contributed by atoms with E-state index >= 15 is 0 Å². The second kappa shape index (κ2) is 8.36. The first-order valence-electron chi connectivity index (χ1n) is 8.37. The molecule has 4 nitrogen and oxygen atoms in total. The van der Waals surface area contributed by atoms with Gasteiger partial charge in [-0.1, -0.05) is 42.5 Å². The lowest BCUT2D eigenvalue weighted by Crippen LogP contribution is -2.32. The first kappa shape index (κ1) is 17.8. The van der Waals surface area contributed by atoms with Gasteiger partial charge < -0.3 is 5.32 Å². The van der Waals surface area contributed by atoms with Crippen LogP contribution in [0.4, 0.5) is 10.1 Å². The molecule has 1 amide bonds. The number of benzene rings is 2. The number of aryl methyl sites for hydroxylation is 1. The molecule has 1 unspecified atom stereocenters. The van der Waals surface area contributed by atoms with Crippen molar-refractivity contribution >= 4 is 11.6 Å². The molecule has 0 radical (unpaired) electrons. The molecule has 0 fully saturated rings. The zero-order chi connectivity index (χ0) is 18.4. The van der Waals surface area contributed by atoms with Gasteiger partial charge >= 0.3 is 0 Å². The van der Waals surface area contributed by atoms with Gasteiger partial charge in [-0.3, -0.25) is 15.1 Å². The third-order valence-electron chi connectivity index (χ3n) is 3.96. The molecule has 0 spiro atoms. The van der Waals surface area contributed by atoms with E-state index in [1.165, 1.54) is 12.1 Å². The number of amides is 1. The molecule has 0 aliphatic rings. The fourth-order valence-electron chi connectivity index (χ4n) is 2.75. The van der Waals surface area contributed by atoms with Crippen molar-refractivity contribution in [3.8, 4) is 0 Å². The van der Waals surface area contributed by atoms with Crippen molar-refractivity contribution < 1.29 is 9.18 Å². The van der Waals surface area contributed by atoms with Crippen LogP contribution >= 0.6 is 0 Å². The quantitative estimate of drug-likeness (QED) is 0.711. The molecular weight excluding hydrogens is 329 g/mol. The van der Waals surface area contributed by atoms with E-state index in [0.717, 1.165) is 16.7 Å². The molecule has 5 heteroatoms. The Kier molecular flexibility index (Phi) is 5.71. The smallest absolute Gasteiger partial charge is 0.238 e. The summed E-state index contributed by atoms with van der Waals surface area (Å²) in [5.74, 6) is -0.453. The summed E-state index contributed by atoms with van der Waals surface area (Å²) >= 11 is 0. The Hall–Kier alpha value is -3.05. The Labute approximate surface area is 152 Å².